The molecule has 14 nitrogen and oxygen atoms in total. The number of nitrogens with zero attached hydrogens (tertiary/aromatic N) is 5. The van der Waals surface area contributed by atoms with Gasteiger partial charge in [0.1, 0.15) is 6.54 Å². The van der Waals surface area contributed by atoms with Gasteiger partial charge in [-0.3, -0.25) is 38.3 Å². The van der Waals surface area contributed by atoms with Crippen LogP contribution in [0.4, 0.5) is 0 Å². The number of allylic oxidation sites excluding steroid dienone is 3. The highest BCUT2D eigenvalue weighted by Crippen LogP contribution is 2.20. The van der Waals surface area contributed by atoms with Gasteiger partial charge < -0.3 is 5.32 Å². The Morgan fingerprint density at radius 1 is 0.952 bits per heavy atom. The molecule has 5 rings (SSSR count). The maximum absolute atomic E-state index is 13.6. The Morgan fingerprint density at radius 3 is 2.19 bits per heavy atom. The number of hydrazone groups is 2. The average Bonchev–Trinajstić information content (AvgIpc) is 3.32. The van der Waals surface area contributed by atoms with E-state index in [9.17, 15) is 28.8 Å². The van der Waals surface area contributed by atoms with Crippen LogP contribution in [0.15, 0.2) is 83.6 Å². The average molecular weight is 569 g/mol. The number of aromatic nitrogens is 3. The molecule has 0 aliphatic carbocycles. The maximum Gasteiger partial charge on any atom is 0.264 e. The fraction of sp³-hybridized carbons (Fsp3) is 0.179. The van der Waals surface area contributed by atoms with Crippen molar-refractivity contribution in [2.75, 3.05) is 0 Å². The van der Waals surface area contributed by atoms with Crippen LogP contribution in [-0.2, 0) is 21.8 Å². The number of pyridine rings is 1. The van der Waals surface area contributed by atoms with E-state index in [1.807, 2.05) is 0 Å². The number of rotatable bonds is 7. The van der Waals surface area contributed by atoms with Gasteiger partial charge in [-0.05, 0) is 50.3 Å². The Bertz CT molecular complexity index is 2030. The van der Waals surface area contributed by atoms with E-state index >= 15 is 0 Å². The molecule has 0 spiro atoms. The summed E-state index contributed by atoms with van der Waals surface area (Å²) in [4.78, 5) is 81.5. The van der Waals surface area contributed by atoms with E-state index in [0.29, 0.717) is 16.0 Å². The molecule has 212 valence electrons. The molecule has 1 aliphatic rings. The SMILES string of the molecule is CC(=O)N/N=C/C1(n2c(=O)c3cc4c(=O)n(CC(=O)N/N=C/c5cccc(C)n5)c(=O)c4cc3c2=O)C=CC=C(C)N1. The lowest BCUT2D eigenvalue weighted by molar-refractivity contribution is -0.121. The second-order valence-electron chi connectivity index (χ2n) is 9.67. The minimum atomic E-state index is -1.58. The summed E-state index contributed by atoms with van der Waals surface area (Å²) in [6, 6.07) is 7.62. The fourth-order valence-electron chi connectivity index (χ4n) is 4.71. The second kappa shape index (κ2) is 10.6. The summed E-state index contributed by atoms with van der Waals surface area (Å²) in [6.07, 6.45) is 7.36. The van der Waals surface area contributed by atoms with Crippen LogP contribution in [0.3, 0.4) is 0 Å². The number of hydrogen-bond donors (Lipinski definition) is 3. The first kappa shape index (κ1) is 27.8. The topological polar surface area (TPSA) is 186 Å². The summed E-state index contributed by atoms with van der Waals surface area (Å²) in [7, 11) is 0. The van der Waals surface area contributed by atoms with Crippen molar-refractivity contribution in [1.29, 1.82) is 0 Å². The van der Waals surface area contributed by atoms with Gasteiger partial charge in [-0.15, -0.1) is 0 Å². The largest absolute Gasteiger partial charge is 0.358 e. The first-order valence-corrected chi connectivity index (χ1v) is 12.6. The molecule has 0 saturated carbocycles. The maximum atomic E-state index is 13.6. The van der Waals surface area contributed by atoms with Crippen molar-refractivity contribution in [1.82, 2.24) is 30.3 Å². The highest BCUT2D eigenvalue weighted by atomic mass is 16.2. The number of aryl methyl sites for hydroxylation is 1. The standard InChI is InChI=1S/C28H24N8O6/c1-15-6-4-8-18(31-15)12-29-34-23(38)13-35-24(39)19-10-21-22(11-20(19)25(35)40)27(42)36(26(21)41)28(14-30-33-17(3)37)9-5-7-16(2)32-28/h4-12,14,32H,13H2,1-3H3,(H,33,37)(H,34,38)/b29-12+,30-14+. The molecule has 1 atom stereocenters. The van der Waals surface area contributed by atoms with Crippen molar-refractivity contribution in [2.24, 2.45) is 10.2 Å². The Kier molecular flexibility index (Phi) is 7.04. The summed E-state index contributed by atoms with van der Waals surface area (Å²) in [5.41, 5.74) is 1.68. The van der Waals surface area contributed by atoms with E-state index in [-0.39, 0.29) is 21.5 Å². The van der Waals surface area contributed by atoms with Crippen LogP contribution < -0.4 is 38.4 Å². The molecule has 0 radical (unpaired) electrons. The monoisotopic (exact) mass is 568 g/mol. The first-order chi connectivity index (χ1) is 20.0. The number of dihydropyridines is 1. The van der Waals surface area contributed by atoms with Gasteiger partial charge in [0.15, 0.2) is 5.66 Å². The summed E-state index contributed by atoms with van der Waals surface area (Å²) < 4.78 is 1.61. The molecule has 3 aromatic heterocycles. The molecular weight excluding hydrogens is 544 g/mol. The van der Waals surface area contributed by atoms with Gasteiger partial charge in [0.25, 0.3) is 28.1 Å². The normalized spacial score (nSPS) is 16.8. The summed E-state index contributed by atoms with van der Waals surface area (Å²) in [5, 5.41) is 10.3. The second-order valence-corrected chi connectivity index (χ2v) is 9.67. The van der Waals surface area contributed by atoms with E-state index in [0.717, 1.165) is 10.3 Å². The number of carbonyl (C=O) groups is 2. The van der Waals surface area contributed by atoms with E-state index in [2.05, 4.69) is 31.4 Å². The van der Waals surface area contributed by atoms with Gasteiger partial charge in [0.2, 0.25) is 5.91 Å². The van der Waals surface area contributed by atoms with Gasteiger partial charge in [-0.25, -0.2) is 15.4 Å². The number of hydrogen-bond acceptors (Lipinski definition) is 10. The first-order valence-electron chi connectivity index (χ1n) is 12.6. The smallest absolute Gasteiger partial charge is 0.264 e. The fourth-order valence-corrected chi connectivity index (χ4v) is 4.71. The number of amides is 2. The lowest BCUT2D eigenvalue weighted by Crippen LogP contribution is -2.55. The molecule has 1 unspecified atom stereocenters. The zero-order valence-electron chi connectivity index (χ0n) is 22.7. The van der Waals surface area contributed by atoms with Crippen molar-refractivity contribution < 1.29 is 9.59 Å². The minimum absolute atomic E-state index is 0.101. The molecule has 1 aromatic carbocycles. The van der Waals surface area contributed by atoms with Crippen LogP contribution in [0.1, 0.15) is 25.2 Å². The molecule has 14 heteroatoms. The van der Waals surface area contributed by atoms with Crippen molar-refractivity contribution in [3.63, 3.8) is 0 Å². The molecule has 0 saturated heterocycles. The van der Waals surface area contributed by atoms with Crippen LogP contribution in [0.2, 0.25) is 0 Å². The Morgan fingerprint density at radius 2 is 1.60 bits per heavy atom. The van der Waals surface area contributed by atoms with Gasteiger partial charge in [-0.1, -0.05) is 12.1 Å². The van der Waals surface area contributed by atoms with Gasteiger partial charge in [-0.2, -0.15) is 10.2 Å². The Labute approximate surface area is 236 Å². The third-order valence-corrected chi connectivity index (χ3v) is 6.52. The molecule has 0 bridgehead atoms. The van der Waals surface area contributed by atoms with Gasteiger partial charge >= 0.3 is 0 Å². The summed E-state index contributed by atoms with van der Waals surface area (Å²) in [6.45, 7) is 4.13. The van der Waals surface area contributed by atoms with E-state index < -0.39 is 46.3 Å². The van der Waals surface area contributed by atoms with Crippen molar-refractivity contribution in [3.05, 3.63) is 107 Å². The van der Waals surface area contributed by atoms with E-state index in [1.54, 1.807) is 44.2 Å². The molecular formula is C28H24N8O6. The molecule has 42 heavy (non-hydrogen) atoms. The highest BCUT2D eigenvalue weighted by Gasteiger charge is 2.35. The Hall–Kier alpha value is -5.79. The third-order valence-electron chi connectivity index (χ3n) is 6.52. The number of fused-ring (bicyclic) bond motifs is 2. The number of benzene rings is 1. The third kappa shape index (κ3) is 4.96. The predicted octanol–water partition coefficient (Wildman–Crippen LogP) is -0.396. The molecule has 4 aromatic rings. The van der Waals surface area contributed by atoms with Crippen molar-refractivity contribution in [2.45, 2.75) is 33.0 Å². The molecule has 1 aliphatic heterocycles. The van der Waals surface area contributed by atoms with Crippen LogP contribution in [-0.4, -0.2) is 38.4 Å². The van der Waals surface area contributed by atoms with Crippen LogP contribution in [0, 0.1) is 6.92 Å². The van der Waals surface area contributed by atoms with Crippen molar-refractivity contribution in [3.8, 4) is 0 Å². The van der Waals surface area contributed by atoms with Crippen LogP contribution >= 0.6 is 0 Å². The zero-order valence-corrected chi connectivity index (χ0v) is 22.7. The predicted molar refractivity (Wildman–Crippen MR) is 156 cm³/mol. The molecule has 3 N–H and O–H groups in total. The van der Waals surface area contributed by atoms with E-state index in [1.165, 1.54) is 37.6 Å². The number of carbonyl (C=O) groups excluding carboxylic acids is 2. The molecule has 2 amide bonds. The van der Waals surface area contributed by atoms with Crippen molar-refractivity contribution >= 4 is 45.8 Å². The molecule has 4 heterocycles. The van der Waals surface area contributed by atoms with Crippen LogP contribution in [0.5, 0.6) is 0 Å². The highest BCUT2D eigenvalue weighted by molar-refractivity contribution is 5.98. The molecule has 0 fully saturated rings. The summed E-state index contributed by atoms with van der Waals surface area (Å²) >= 11 is 0. The summed E-state index contributed by atoms with van der Waals surface area (Å²) in [5.74, 6) is -1.20. The van der Waals surface area contributed by atoms with Gasteiger partial charge in [0, 0.05) is 18.3 Å². The Balaban J connectivity index is 1.53. The minimum Gasteiger partial charge on any atom is -0.358 e. The lowest BCUT2D eigenvalue weighted by Gasteiger charge is -2.31. The lowest BCUT2D eigenvalue weighted by atomic mass is 10.1. The van der Waals surface area contributed by atoms with E-state index in [4.69, 9.17) is 0 Å². The van der Waals surface area contributed by atoms with Crippen LogP contribution in [0.25, 0.3) is 21.5 Å². The number of nitrogens with one attached hydrogen (secondary N) is 3. The zero-order chi connectivity index (χ0) is 30.2. The quantitative estimate of drug-likeness (QED) is 0.199. The van der Waals surface area contributed by atoms with Gasteiger partial charge in [0.05, 0.1) is 39.7 Å².